The van der Waals surface area contributed by atoms with E-state index in [1.54, 1.807) is 6.07 Å². The van der Waals surface area contributed by atoms with Crippen LogP contribution in [0.1, 0.15) is 49.0 Å². The summed E-state index contributed by atoms with van der Waals surface area (Å²) in [7, 11) is 1.90. The zero-order valence-corrected chi connectivity index (χ0v) is 15.6. The van der Waals surface area contributed by atoms with Crippen molar-refractivity contribution in [2.75, 3.05) is 26.2 Å². The van der Waals surface area contributed by atoms with Crippen molar-refractivity contribution in [1.82, 2.24) is 14.4 Å². The van der Waals surface area contributed by atoms with Gasteiger partial charge < -0.3 is 14.4 Å². The first-order valence-corrected chi connectivity index (χ1v) is 9.92. The molecule has 2 fully saturated rings. The molecule has 140 valence electrons. The van der Waals surface area contributed by atoms with Crippen LogP contribution in [0.25, 0.3) is 10.9 Å². The molecule has 4 nitrogen and oxygen atoms in total. The third-order valence-electron chi connectivity index (χ3n) is 6.09. The number of benzene rings is 1. The van der Waals surface area contributed by atoms with E-state index in [9.17, 15) is 9.18 Å². The molecule has 0 spiro atoms. The average molecular weight is 357 g/mol. The number of amides is 1. The minimum absolute atomic E-state index is 0.0928. The van der Waals surface area contributed by atoms with Gasteiger partial charge in [0.15, 0.2) is 0 Å². The maximum atomic E-state index is 13.5. The van der Waals surface area contributed by atoms with Gasteiger partial charge in [-0.3, -0.25) is 4.79 Å². The quantitative estimate of drug-likeness (QED) is 0.833. The van der Waals surface area contributed by atoms with Crippen molar-refractivity contribution >= 4 is 16.8 Å². The van der Waals surface area contributed by atoms with E-state index < -0.39 is 0 Å². The molecule has 1 unspecified atom stereocenters. The van der Waals surface area contributed by atoms with Gasteiger partial charge in [0, 0.05) is 37.1 Å². The Bertz CT molecular complexity index is 794. The van der Waals surface area contributed by atoms with Gasteiger partial charge in [0.05, 0.1) is 0 Å². The minimum Gasteiger partial charge on any atom is -0.340 e. The largest absolute Gasteiger partial charge is 0.340 e. The van der Waals surface area contributed by atoms with Gasteiger partial charge in [-0.25, -0.2) is 4.39 Å². The minimum atomic E-state index is -0.261. The van der Waals surface area contributed by atoms with Crippen LogP contribution in [-0.4, -0.2) is 52.5 Å². The lowest BCUT2D eigenvalue weighted by atomic mass is 9.98. The van der Waals surface area contributed by atoms with Gasteiger partial charge in [-0.05, 0) is 75.9 Å². The molecule has 0 bridgehead atoms. The van der Waals surface area contributed by atoms with Gasteiger partial charge >= 0.3 is 0 Å². The van der Waals surface area contributed by atoms with Crippen molar-refractivity contribution in [3.63, 3.8) is 0 Å². The number of aryl methyl sites for hydroxylation is 1. The van der Waals surface area contributed by atoms with Crippen LogP contribution in [0.15, 0.2) is 24.3 Å². The highest BCUT2D eigenvalue weighted by atomic mass is 19.1. The molecule has 26 heavy (non-hydrogen) atoms. The number of rotatable bonds is 4. The molecule has 5 heteroatoms. The number of hydrogen-bond donors (Lipinski definition) is 0. The Labute approximate surface area is 154 Å². The summed E-state index contributed by atoms with van der Waals surface area (Å²) in [6.45, 7) is 4.33. The molecule has 0 saturated carbocycles. The van der Waals surface area contributed by atoms with E-state index in [0.29, 0.717) is 11.7 Å². The van der Waals surface area contributed by atoms with E-state index in [-0.39, 0.29) is 11.7 Å². The fraction of sp³-hybridized carbons (Fsp3) is 0.571. The van der Waals surface area contributed by atoms with Gasteiger partial charge in [-0.15, -0.1) is 0 Å². The van der Waals surface area contributed by atoms with E-state index in [4.69, 9.17) is 0 Å². The molecule has 1 amide bonds. The van der Waals surface area contributed by atoms with E-state index >= 15 is 0 Å². The fourth-order valence-electron chi connectivity index (χ4n) is 4.58. The third-order valence-corrected chi connectivity index (χ3v) is 6.09. The number of hydrogen-bond acceptors (Lipinski definition) is 2. The van der Waals surface area contributed by atoms with Crippen molar-refractivity contribution in [3.8, 4) is 0 Å². The van der Waals surface area contributed by atoms with Crippen LogP contribution < -0.4 is 0 Å². The van der Waals surface area contributed by atoms with Crippen LogP contribution in [-0.2, 0) is 7.05 Å². The van der Waals surface area contributed by atoms with E-state index in [1.165, 1.54) is 44.5 Å². The van der Waals surface area contributed by atoms with Crippen molar-refractivity contribution < 1.29 is 9.18 Å². The molecule has 0 N–H and O–H groups in total. The summed E-state index contributed by atoms with van der Waals surface area (Å²) in [6, 6.07) is 6.88. The van der Waals surface area contributed by atoms with Crippen LogP contribution in [0.4, 0.5) is 4.39 Å². The summed E-state index contributed by atoms with van der Waals surface area (Å²) in [5, 5.41) is 0.793. The summed E-state index contributed by atoms with van der Waals surface area (Å²) in [5.74, 6) is -0.168. The second kappa shape index (κ2) is 7.39. The van der Waals surface area contributed by atoms with E-state index in [1.807, 2.05) is 17.7 Å². The first kappa shape index (κ1) is 17.5. The highest BCUT2D eigenvalue weighted by Gasteiger charge is 2.29. The maximum Gasteiger partial charge on any atom is 0.270 e. The van der Waals surface area contributed by atoms with Crippen LogP contribution >= 0.6 is 0 Å². The first-order valence-electron chi connectivity index (χ1n) is 9.92. The lowest BCUT2D eigenvalue weighted by Crippen LogP contribution is -2.45. The van der Waals surface area contributed by atoms with Gasteiger partial charge in [0.2, 0.25) is 0 Å². The molecule has 1 aromatic carbocycles. The Kier molecular flexibility index (Phi) is 4.98. The smallest absolute Gasteiger partial charge is 0.270 e. The number of carbonyl (C=O) groups excluding carboxylic acids is 1. The number of piperidine rings is 1. The van der Waals surface area contributed by atoms with Crippen molar-refractivity contribution in [1.29, 1.82) is 0 Å². The SMILES string of the molecule is Cn1c(C(=O)N2CCCCC2CCN2CCCC2)cc2cc(F)ccc21. The molecular formula is C21H28FN3O. The molecule has 1 aromatic heterocycles. The molecule has 0 radical (unpaired) electrons. The lowest BCUT2D eigenvalue weighted by molar-refractivity contribution is 0.0578. The number of nitrogens with zero attached hydrogens (tertiary/aromatic N) is 3. The Balaban J connectivity index is 1.53. The Morgan fingerprint density at radius 1 is 1.12 bits per heavy atom. The topological polar surface area (TPSA) is 28.5 Å². The second-order valence-electron chi connectivity index (χ2n) is 7.78. The molecular weight excluding hydrogens is 329 g/mol. The number of aromatic nitrogens is 1. The standard InChI is InChI=1S/C21H28FN3O/c1-23-19-8-7-17(22)14-16(19)15-20(23)21(26)25-12-3-2-6-18(25)9-13-24-10-4-5-11-24/h7-8,14-15,18H,2-6,9-13H2,1H3. The normalized spacial score (nSPS) is 21.6. The predicted octanol–water partition coefficient (Wildman–Crippen LogP) is 3.80. The second-order valence-corrected chi connectivity index (χ2v) is 7.78. The molecule has 3 heterocycles. The van der Waals surface area contributed by atoms with Gasteiger partial charge in [-0.2, -0.15) is 0 Å². The van der Waals surface area contributed by atoms with Crippen LogP contribution in [0.2, 0.25) is 0 Å². The van der Waals surface area contributed by atoms with Crippen LogP contribution in [0, 0.1) is 5.82 Å². The average Bonchev–Trinajstić information content (AvgIpc) is 3.27. The lowest BCUT2D eigenvalue weighted by Gasteiger charge is -2.36. The Hall–Kier alpha value is -1.88. The monoisotopic (exact) mass is 357 g/mol. The van der Waals surface area contributed by atoms with E-state index in [2.05, 4.69) is 9.80 Å². The summed E-state index contributed by atoms with van der Waals surface area (Å²) < 4.78 is 15.4. The predicted molar refractivity (Wildman–Crippen MR) is 102 cm³/mol. The summed E-state index contributed by atoms with van der Waals surface area (Å²) in [4.78, 5) is 17.9. The zero-order chi connectivity index (χ0) is 18.1. The number of fused-ring (bicyclic) bond motifs is 1. The van der Waals surface area contributed by atoms with Crippen LogP contribution in [0.5, 0.6) is 0 Å². The third kappa shape index (κ3) is 3.37. The van der Waals surface area contributed by atoms with Crippen molar-refractivity contribution in [2.24, 2.45) is 7.05 Å². The molecule has 1 atom stereocenters. The van der Waals surface area contributed by atoms with Crippen LogP contribution in [0.3, 0.4) is 0 Å². The van der Waals surface area contributed by atoms with E-state index in [0.717, 1.165) is 43.3 Å². The summed E-state index contributed by atoms with van der Waals surface area (Å²) in [5.41, 5.74) is 1.57. The molecule has 2 saturated heterocycles. The van der Waals surface area contributed by atoms with Gasteiger partial charge in [0.1, 0.15) is 11.5 Å². The zero-order valence-electron chi connectivity index (χ0n) is 15.6. The maximum absolute atomic E-state index is 13.5. The molecule has 2 aliphatic rings. The molecule has 0 aliphatic carbocycles. The summed E-state index contributed by atoms with van der Waals surface area (Å²) in [6.07, 6.45) is 7.04. The molecule has 2 aromatic rings. The Morgan fingerprint density at radius 2 is 1.88 bits per heavy atom. The number of halogens is 1. The highest BCUT2D eigenvalue weighted by Crippen LogP contribution is 2.26. The summed E-state index contributed by atoms with van der Waals surface area (Å²) >= 11 is 0. The fourth-order valence-corrected chi connectivity index (χ4v) is 4.58. The number of carbonyl (C=O) groups is 1. The first-order chi connectivity index (χ1) is 12.6. The molecule has 2 aliphatic heterocycles. The molecule has 4 rings (SSSR count). The van der Waals surface area contributed by atoms with Crippen molar-refractivity contribution in [3.05, 3.63) is 35.8 Å². The highest BCUT2D eigenvalue weighted by molar-refractivity contribution is 5.99. The van der Waals surface area contributed by atoms with Gasteiger partial charge in [-0.1, -0.05) is 0 Å². The number of likely N-dealkylation sites (tertiary alicyclic amines) is 2. The van der Waals surface area contributed by atoms with Gasteiger partial charge in [0.25, 0.3) is 5.91 Å². The Morgan fingerprint density at radius 3 is 2.69 bits per heavy atom. The van der Waals surface area contributed by atoms with Crippen molar-refractivity contribution in [2.45, 2.75) is 44.6 Å².